The molecule has 2 rings (SSSR count). The molecular weight excluding hydrogens is 312 g/mol. The fraction of sp³-hybridized carbons (Fsp3) is 0.438. The predicted octanol–water partition coefficient (Wildman–Crippen LogP) is 1.37. The van der Waals surface area contributed by atoms with Crippen molar-refractivity contribution in [3.8, 4) is 0 Å². The van der Waals surface area contributed by atoms with Gasteiger partial charge in [0.1, 0.15) is 5.01 Å². The number of benzene rings is 1. The van der Waals surface area contributed by atoms with Gasteiger partial charge in [-0.05, 0) is 25.6 Å². The zero-order valence-corrected chi connectivity index (χ0v) is 14.3. The summed E-state index contributed by atoms with van der Waals surface area (Å²) >= 11 is 1.63. The summed E-state index contributed by atoms with van der Waals surface area (Å²) in [6, 6.07) is 7.98. The average molecular weight is 334 g/mol. The lowest BCUT2D eigenvalue weighted by Gasteiger charge is -2.14. The van der Waals surface area contributed by atoms with Gasteiger partial charge in [-0.15, -0.1) is 11.3 Å². The van der Waals surface area contributed by atoms with Gasteiger partial charge in [0, 0.05) is 6.54 Å². The summed E-state index contributed by atoms with van der Waals surface area (Å²) in [4.78, 5) is 29.7. The molecule has 124 valence electrons. The monoisotopic (exact) mass is 334 g/mol. The van der Waals surface area contributed by atoms with Crippen LogP contribution in [0.5, 0.6) is 0 Å². The predicted molar refractivity (Wildman–Crippen MR) is 92.3 cm³/mol. The fourth-order valence-electron chi connectivity index (χ4n) is 2.08. The fourth-order valence-corrected chi connectivity index (χ4v) is 3.13. The second-order valence-electron chi connectivity index (χ2n) is 5.37. The molecule has 2 aromatic rings. The quantitative estimate of drug-likeness (QED) is 0.765. The smallest absolute Gasteiger partial charge is 0.239 e. The van der Waals surface area contributed by atoms with Gasteiger partial charge in [0.2, 0.25) is 11.8 Å². The van der Waals surface area contributed by atoms with Crippen molar-refractivity contribution in [1.29, 1.82) is 0 Å². The molecule has 7 heteroatoms. The molecule has 0 spiro atoms. The maximum absolute atomic E-state index is 11.8. The molecule has 1 aromatic carbocycles. The summed E-state index contributed by atoms with van der Waals surface area (Å²) < 4.78 is 1.15. The Morgan fingerprint density at radius 3 is 2.74 bits per heavy atom. The van der Waals surface area contributed by atoms with E-state index < -0.39 is 0 Å². The van der Waals surface area contributed by atoms with Crippen LogP contribution in [0.1, 0.15) is 18.4 Å². The van der Waals surface area contributed by atoms with Crippen molar-refractivity contribution in [2.24, 2.45) is 0 Å². The molecule has 1 aromatic heterocycles. The largest absolute Gasteiger partial charge is 0.355 e. The molecule has 0 aliphatic rings. The lowest BCUT2D eigenvalue weighted by atomic mass is 10.3. The lowest BCUT2D eigenvalue weighted by Crippen LogP contribution is -2.41. The number of fused-ring (bicyclic) bond motifs is 1. The second kappa shape index (κ2) is 8.59. The van der Waals surface area contributed by atoms with E-state index in [9.17, 15) is 9.59 Å². The Hall–Kier alpha value is -1.99. The van der Waals surface area contributed by atoms with E-state index in [-0.39, 0.29) is 24.9 Å². The first kappa shape index (κ1) is 17.4. The molecule has 23 heavy (non-hydrogen) atoms. The molecule has 2 amide bonds. The summed E-state index contributed by atoms with van der Waals surface area (Å²) in [5.41, 5.74) is 0.984. The number of rotatable bonds is 8. The summed E-state index contributed by atoms with van der Waals surface area (Å²) in [5, 5.41) is 6.32. The van der Waals surface area contributed by atoms with Gasteiger partial charge >= 0.3 is 0 Å². The van der Waals surface area contributed by atoms with Crippen LogP contribution >= 0.6 is 11.3 Å². The van der Waals surface area contributed by atoms with Crippen LogP contribution in [0.4, 0.5) is 0 Å². The highest BCUT2D eigenvalue weighted by atomic mass is 32.1. The van der Waals surface area contributed by atoms with Crippen LogP contribution in [0, 0.1) is 0 Å². The third-order valence-corrected chi connectivity index (χ3v) is 4.20. The molecule has 2 N–H and O–H groups in total. The number of nitrogens with one attached hydrogen (secondary N) is 2. The van der Waals surface area contributed by atoms with Crippen molar-refractivity contribution in [1.82, 2.24) is 20.5 Å². The lowest BCUT2D eigenvalue weighted by molar-refractivity contribution is -0.126. The highest BCUT2D eigenvalue weighted by Crippen LogP contribution is 2.22. The van der Waals surface area contributed by atoms with Gasteiger partial charge in [0.15, 0.2) is 0 Å². The second-order valence-corrected chi connectivity index (χ2v) is 6.49. The van der Waals surface area contributed by atoms with E-state index in [0.29, 0.717) is 13.1 Å². The first-order chi connectivity index (χ1) is 11.1. The molecule has 0 unspecified atom stereocenters. The third-order valence-electron chi connectivity index (χ3n) is 3.18. The van der Waals surface area contributed by atoms with E-state index in [1.54, 1.807) is 11.3 Å². The average Bonchev–Trinajstić information content (AvgIpc) is 2.92. The summed E-state index contributed by atoms with van der Waals surface area (Å²) in [7, 11) is 1.86. The third kappa shape index (κ3) is 5.61. The number of likely N-dealkylation sites (N-methyl/N-ethyl adjacent to an activating group) is 1. The zero-order chi connectivity index (χ0) is 16.7. The van der Waals surface area contributed by atoms with E-state index in [4.69, 9.17) is 0 Å². The number of amides is 2. The maximum atomic E-state index is 11.8. The van der Waals surface area contributed by atoms with Crippen LogP contribution in [0.25, 0.3) is 10.2 Å². The van der Waals surface area contributed by atoms with Gasteiger partial charge in [-0.3, -0.25) is 14.5 Å². The Morgan fingerprint density at radius 2 is 2.00 bits per heavy atom. The first-order valence-corrected chi connectivity index (χ1v) is 8.46. The van der Waals surface area contributed by atoms with Gasteiger partial charge in [0.25, 0.3) is 0 Å². The molecule has 0 fully saturated rings. The van der Waals surface area contributed by atoms with E-state index in [0.717, 1.165) is 21.6 Å². The number of hydrogen-bond donors (Lipinski definition) is 2. The normalized spacial score (nSPS) is 10.9. The van der Waals surface area contributed by atoms with Crippen LogP contribution < -0.4 is 10.6 Å². The molecule has 0 radical (unpaired) electrons. The molecule has 6 nitrogen and oxygen atoms in total. The number of para-hydroxylation sites is 1. The Balaban J connectivity index is 1.76. The SMILES string of the molecule is CCCNC(=O)CNC(=O)CN(C)Cc1nc2ccccc2s1. The molecule has 0 bridgehead atoms. The summed E-state index contributed by atoms with van der Waals surface area (Å²) in [6.45, 7) is 3.47. The van der Waals surface area contributed by atoms with Gasteiger partial charge in [0.05, 0.1) is 29.9 Å². The molecule has 0 aliphatic carbocycles. The van der Waals surface area contributed by atoms with Crippen molar-refractivity contribution < 1.29 is 9.59 Å². The number of aromatic nitrogens is 1. The Kier molecular flexibility index (Phi) is 6.49. The van der Waals surface area contributed by atoms with Gasteiger partial charge in [-0.1, -0.05) is 19.1 Å². The number of carbonyl (C=O) groups is 2. The minimum absolute atomic E-state index is 0.0216. The van der Waals surface area contributed by atoms with Crippen LogP contribution in [-0.2, 0) is 16.1 Å². The number of thiazole rings is 1. The highest BCUT2D eigenvalue weighted by Gasteiger charge is 2.11. The molecule has 1 heterocycles. The van der Waals surface area contributed by atoms with Crippen LogP contribution in [0.15, 0.2) is 24.3 Å². The minimum atomic E-state index is -0.166. The molecule has 0 atom stereocenters. The molecule has 0 saturated carbocycles. The van der Waals surface area contributed by atoms with Crippen LogP contribution in [0.3, 0.4) is 0 Å². The van der Waals surface area contributed by atoms with Crippen molar-refractivity contribution in [2.75, 3.05) is 26.7 Å². The van der Waals surface area contributed by atoms with E-state index in [2.05, 4.69) is 15.6 Å². The molecule has 0 saturated heterocycles. The topological polar surface area (TPSA) is 74.3 Å². The van der Waals surface area contributed by atoms with Gasteiger partial charge in [-0.25, -0.2) is 4.98 Å². The van der Waals surface area contributed by atoms with Crippen molar-refractivity contribution in [2.45, 2.75) is 19.9 Å². The zero-order valence-electron chi connectivity index (χ0n) is 13.5. The Morgan fingerprint density at radius 1 is 1.22 bits per heavy atom. The van der Waals surface area contributed by atoms with E-state index in [1.165, 1.54) is 0 Å². The maximum Gasteiger partial charge on any atom is 0.239 e. The van der Waals surface area contributed by atoms with Crippen molar-refractivity contribution >= 4 is 33.4 Å². The standard InChI is InChI=1S/C16H22N4O2S/c1-3-8-17-14(21)9-18-15(22)10-20(2)11-16-19-12-6-4-5-7-13(12)23-16/h4-7H,3,8-11H2,1-2H3,(H,17,21)(H,18,22). The Labute approximate surface area is 139 Å². The van der Waals surface area contributed by atoms with Crippen LogP contribution in [0.2, 0.25) is 0 Å². The molecular formula is C16H22N4O2S. The number of carbonyl (C=O) groups excluding carboxylic acids is 2. The van der Waals surface area contributed by atoms with E-state index >= 15 is 0 Å². The first-order valence-electron chi connectivity index (χ1n) is 7.65. The van der Waals surface area contributed by atoms with Crippen molar-refractivity contribution in [3.05, 3.63) is 29.3 Å². The van der Waals surface area contributed by atoms with Gasteiger partial charge in [-0.2, -0.15) is 0 Å². The minimum Gasteiger partial charge on any atom is -0.355 e. The van der Waals surface area contributed by atoms with Gasteiger partial charge < -0.3 is 10.6 Å². The van der Waals surface area contributed by atoms with Crippen LogP contribution in [-0.4, -0.2) is 48.4 Å². The summed E-state index contributed by atoms with van der Waals surface area (Å²) in [6.07, 6.45) is 0.880. The highest BCUT2D eigenvalue weighted by molar-refractivity contribution is 7.18. The molecule has 0 aliphatic heterocycles. The Bertz CT molecular complexity index is 638. The number of nitrogens with zero attached hydrogens (tertiary/aromatic N) is 2. The number of hydrogen-bond acceptors (Lipinski definition) is 5. The van der Waals surface area contributed by atoms with Crippen molar-refractivity contribution in [3.63, 3.8) is 0 Å². The van der Waals surface area contributed by atoms with E-state index in [1.807, 2.05) is 43.1 Å². The summed E-state index contributed by atoms with van der Waals surface area (Å²) in [5.74, 6) is -0.325.